The van der Waals surface area contributed by atoms with Crippen molar-refractivity contribution in [3.05, 3.63) is 29.8 Å². The van der Waals surface area contributed by atoms with Gasteiger partial charge in [0, 0.05) is 19.1 Å². The fraction of sp³-hybridized carbons (Fsp3) is 0.625. The van der Waals surface area contributed by atoms with Gasteiger partial charge in [0.05, 0.1) is 0 Å². The van der Waals surface area contributed by atoms with Gasteiger partial charge in [-0.15, -0.1) is 0 Å². The van der Waals surface area contributed by atoms with Crippen LogP contribution in [-0.2, 0) is 6.54 Å². The van der Waals surface area contributed by atoms with Gasteiger partial charge in [-0.1, -0.05) is 32.9 Å². The molecule has 0 aromatic heterocycles. The lowest BCUT2D eigenvalue weighted by Crippen LogP contribution is -2.46. The Morgan fingerprint density at radius 2 is 1.95 bits per heavy atom. The van der Waals surface area contributed by atoms with Gasteiger partial charge in [-0.25, -0.2) is 0 Å². The maximum Gasteiger partial charge on any atom is 0.115 e. The number of phenols is 1. The maximum absolute atomic E-state index is 9.33. The largest absolute Gasteiger partial charge is 0.508 e. The third-order valence-corrected chi connectivity index (χ3v) is 3.87. The number of rotatable bonds is 2. The standard InChI is InChI=1S/C16H26N2O/c1-16(2,3)15-12-18(10-4-9-17-15)11-13-5-7-14(19)8-6-13/h5-8,15,17,19H,4,9-12H2,1-3H3. The predicted octanol–water partition coefficient (Wildman–Crippen LogP) is 2.60. The molecule has 1 unspecified atom stereocenters. The molecular formula is C16H26N2O. The quantitative estimate of drug-likeness (QED) is 0.860. The lowest BCUT2D eigenvalue weighted by molar-refractivity contribution is 0.192. The van der Waals surface area contributed by atoms with Crippen LogP contribution >= 0.6 is 0 Å². The van der Waals surface area contributed by atoms with Crippen molar-refractivity contribution in [1.82, 2.24) is 10.2 Å². The molecule has 0 amide bonds. The van der Waals surface area contributed by atoms with Crippen LogP contribution in [0.5, 0.6) is 5.75 Å². The molecule has 0 aliphatic carbocycles. The van der Waals surface area contributed by atoms with Crippen LogP contribution in [0.15, 0.2) is 24.3 Å². The summed E-state index contributed by atoms with van der Waals surface area (Å²) in [4.78, 5) is 2.52. The van der Waals surface area contributed by atoms with Crippen molar-refractivity contribution in [2.45, 2.75) is 39.8 Å². The van der Waals surface area contributed by atoms with Crippen molar-refractivity contribution in [2.75, 3.05) is 19.6 Å². The Bertz CT molecular complexity index is 394. The Kier molecular flexibility index (Phi) is 4.48. The van der Waals surface area contributed by atoms with Crippen LogP contribution in [0.3, 0.4) is 0 Å². The molecule has 1 heterocycles. The summed E-state index contributed by atoms with van der Waals surface area (Å²) in [7, 11) is 0. The van der Waals surface area contributed by atoms with Gasteiger partial charge in [-0.3, -0.25) is 4.90 Å². The Morgan fingerprint density at radius 1 is 1.26 bits per heavy atom. The Morgan fingerprint density at radius 3 is 2.58 bits per heavy atom. The number of nitrogens with zero attached hydrogens (tertiary/aromatic N) is 1. The van der Waals surface area contributed by atoms with Crippen molar-refractivity contribution in [3.63, 3.8) is 0 Å². The van der Waals surface area contributed by atoms with Crippen molar-refractivity contribution in [2.24, 2.45) is 5.41 Å². The highest BCUT2D eigenvalue weighted by Crippen LogP contribution is 2.22. The molecule has 106 valence electrons. The monoisotopic (exact) mass is 262 g/mol. The normalized spacial score (nSPS) is 22.2. The van der Waals surface area contributed by atoms with E-state index in [2.05, 4.69) is 31.0 Å². The van der Waals surface area contributed by atoms with E-state index in [1.165, 1.54) is 12.0 Å². The number of nitrogens with one attached hydrogen (secondary N) is 1. The fourth-order valence-electron chi connectivity index (χ4n) is 2.58. The third kappa shape index (κ3) is 4.22. The minimum atomic E-state index is 0.289. The average Bonchev–Trinajstić information content (AvgIpc) is 2.57. The van der Waals surface area contributed by atoms with E-state index in [4.69, 9.17) is 0 Å². The van der Waals surface area contributed by atoms with E-state index < -0.39 is 0 Å². The number of aromatic hydroxyl groups is 1. The molecule has 3 nitrogen and oxygen atoms in total. The van der Waals surface area contributed by atoms with E-state index >= 15 is 0 Å². The second-order valence-corrected chi connectivity index (χ2v) is 6.63. The second kappa shape index (κ2) is 5.93. The van der Waals surface area contributed by atoms with E-state index in [9.17, 15) is 5.11 Å². The van der Waals surface area contributed by atoms with Gasteiger partial charge in [-0.05, 0) is 42.6 Å². The van der Waals surface area contributed by atoms with E-state index in [0.29, 0.717) is 11.8 Å². The number of benzene rings is 1. The van der Waals surface area contributed by atoms with E-state index in [1.54, 1.807) is 12.1 Å². The molecular weight excluding hydrogens is 236 g/mol. The molecule has 19 heavy (non-hydrogen) atoms. The van der Waals surface area contributed by atoms with Crippen molar-refractivity contribution in [1.29, 1.82) is 0 Å². The molecule has 1 atom stereocenters. The van der Waals surface area contributed by atoms with Gasteiger partial charge in [0.2, 0.25) is 0 Å². The highest BCUT2D eigenvalue weighted by atomic mass is 16.3. The van der Waals surface area contributed by atoms with Crippen LogP contribution in [0.25, 0.3) is 0 Å². The minimum Gasteiger partial charge on any atom is -0.508 e. The molecule has 1 aromatic carbocycles. The predicted molar refractivity (Wildman–Crippen MR) is 79.2 cm³/mol. The summed E-state index contributed by atoms with van der Waals surface area (Å²) in [5.74, 6) is 0.342. The molecule has 0 radical (unpaired) electrons. The summed E-state index contributed by atoms with van der Waals surface area (Å²) in [5.41, 5.74) is 1.56. The highest BCUT2D eigenvalue weighted by Gasteiger charge is 2.27. The molecule has 0 saturated carbocycles. The first kappa shape index (κ1) is 14.4. The van der Waals surface area contributed by atoms with Crippen LogP contribution < -0.4 is 5.32 Å². The fourth-order valence-corrected chi connectivity index (χ4v) is 2.58. The van der Waals surface area contributed by atoms with E-state index in [0.717, 1.165) is 26.2 Å². The molecule has 0 spiro atoms. The minimum absolute atomic E-state index is 0.289. The zero-order valence-electron chi connectivity index (χ0n) is 12.3. The van der Waals surface area contributed by atoms with Gasteiger partial charge in [0.15, 0.2) is 0 Å². The topological polar surface area (TPSA) is 35.5 Å². The third-order valence-electron chi connectivity index (χ3n) is 3.87. The number of phenolic OH excluding ortho intramolecular Hbond substituents is 1. The lowest BCUT2D eigenvalue weighted by atomic mass is 9.86. The van der Waals surface area contributed by atoms with Crippen LogP contribution in [0.2, 0.25) is 0 Å². The van der Waals surface area contributed by atoms with Gasteiger partial charge >= 0.3 is 0 Å². The zero-order chi connectivity index (χ0) is 13.9. The van der Waals surface area contributed by atoms with Crippen LogP contribution in [0, 0.1) is 5.41 Å². The number of hydrogen-bond acceptors (Lipinski definition) is 3. The summed E-state index contributed by atoms with van der Waals surface area (Å²) in [6.45, 7) is 11.2. The van der Waals surface area contributed by atoms with Crippen LogP contribution in [0.4, 0.5) is 0 Å². The molecule has 1 aliphatic heterocycles. The second-order valence-electron chi connectivity index (χ2n) is 6.63. The maximum atomic E-state index is 9.33. The molecule has 0 bridgehead atoms. The summed E-state index contributed by atoms with van der Waals surface area (Å²) >= 11 is 0. The molecule has 1 saturated heterocycles. The molecule has 1 fully saturated rings. The summed E-state index contributed by atoms with van der Waals surface area (Å²) in [6, 6.07) is 8.10. The SMILES string of the molecule is CC(C)(C)C1CN(Cc2ccc(O)cc2)CCCN1. The first-order valence-electron chi connectivity index (χ1n) is 7.19. The number of hydrogen-bond donors (Lipinski definition) is 2. The van der Waals surface area contributed by atoms with Crippen molar-refractivity contribution in [3.8, 4) is 5.75 Å². The molecule has 2 N–H and O–H groups in total. The molecule has 3 heteroatoms. The molecule has 1 aromatic rings. The average molecular weight is 262 g/mol. The van der Waals surface area contributed by atoms with Crippen LogP contribution in [0.1, 0.15) is 32.8 Å². The smallest absolute Gasteiger partial charge is 0.115 e. The molecule has 1 aliphatic rings. The summed E-state index contributed by atoms with van der Waals surface area (Å²) in [5, 5.41) is 13.0. The Hall–Kier alpha value is -1.06. The van der Waals surface area contributed by atoms with Crippen molar-refractivity contribution < 1.29 is 5.11 Å². The van der Waals surface area contributed by atoms with Crippen molar-refractivity contribution >= 4 is 0 Å². The van der Waals surface area contributed by atoms with E-state index in [1.807, 2.05) is 12.1 Å². The Balaban J connectivity index is 2.00. The van der Waals surface area contributed by atoms with Gasteiger partial charge < -0.3 is 10.4 Å². The van der Waals surface area contributed by atoms with E-state index in [-0.39, 0.29) is 5.41 Å². The van der Waals surface area contributed by atoms with Gasteiger partial charge in [0.1, 0.15) is 5.75 Å². The zero-order valence-corrected chi connectivity index (χ0v) is 12.3. The summed E-state index contributed by atoms with van der Waals surface area (Å²) < 4.78 is 0. The lowest BCUT2D eigenvalue weighted by Gasteiger charge is -2.33. The first-order valence-corrected chi connectivity index (χ1v) is 7.19. The van der Waals surface area contributed by atoms with Gasteiger partial charge in [-0.2, -0.15) is 0 Å². The molecule has 2 rings (SSSR count). The summed E-state index contributed by atoms with van der Waals surface area (Å²) in [6.07, 6.45) is 1.20. The van der Waals surface area contributed by atoms with Crippen LogP contribution in [-0.4, -0.2) is 35.7 Å². The van der Waals surface area contributed by atoms with Gasteiger partial charge in [0.25, 0.3) is 0 Å². The first-order chi connectivity index (χ1) is 8.95. The Labute approximate surface area is 116 Å². The highest BCUT2D eigenvalue weighted by molar-refractivity contribution is 5.25.